The molecular weight excluding hydrogens is 210 g/mol. The predicted octanol–water partition coefficient (Wildman–Crippen LogP) is 1.32. The highest BCUT2D eigenvalue weighted by atomic mass is 16.6. The lowest BCUT2D eigenvalue weighted by Gasteiger charge is -2.04. The Morgan fingerprint density at radius 3 is 3.06 bits per heavy atom. The van der Waals surface area contributed by atoms with Gasteiger partial charge < -0.3 is 5.32 Å². The number of H-pyrrole nitrogens is 1. The molecule has 0 spiro atoms. The lowest BCUT2D eigenvalue weighted by atomic mass is 10.3. The van der Waals surface area contributed by atoms with E-state index < -0.39 is 4.92 Å². The van der Waals surface area contributed by atoms with Gasteiger partial charge in [-0.1, -0.05) is 0 Å². The quantitative estimate of drug-likeness (QED) is 0.597. The first kappa shape index (κ1) is 10.1. The van der Waals surface area contributed by atoms with E-state index in [9.17, 15) is 10.1 Å². The molecule has 0 saturated heterocycles. The summed E-state index contributed by atoms with van der Waals surface area (Å²) in [6.45, 7) is 0.474. The minimum absolute atomic E-state index is 0.0361. The summed E-state index contributed by atoms with van der Waals surface area (Å²) in [6.07, 6.45) is 6.10. The first-order valence-electron chi connectivity index (χ1n) is 4.57. The molecule has 0 aliphatic heterocycles. The summed E-state index contributed by atoms with van der Waals surface area (Å²) in [4.78, 5) is 13.9. The molecule has 7 heteroatoms. The van der Waals surface area contributed by atoms with Crippen molar-refractivity contribution in [3.05, 3.63) is 46.5 Å². The highest BCUT2D eigenvalue weighted by Crippen LogP contribution is 2.22. The third-order valence-corrected chi connectivity index (χ3v) is 2.03. The van der Waals surface area contributed by atoms with Crippen LogP contribution in [0.15, 0.2) is 30.9 Å². The van der Waals surface area contributed by atoms with Crippen molar-refractivity contribution < 1.29 is 4.92 Å². The molecule has 0 radical (unpaired) electrons. The van der Waals surface area contributed by atoms with Gasteiger partial charge >= 0.3 is 5.69 Å². The van der Waals surface area contributed by atoms with Crippen LogP contribution < -0.4 is 5.32 Å². The summed E-state index contributed by atoms with van der Waals surface area (Å²) in [7, 11) is 0. The van der Waals surface area contributed by atoms with Crippen molar-refractivity contribution in [3.63, 3.8) is 0 Å². The third-order valence-electron chi connectivity index (χ3n) is 2.03. The number of aromatic nitrogens is 3. The van der Waals surface area contributed by atoms with Crippen LogP contribution in [0.1, 0.15) is 5.56 Å². The van der Waals surface area contributed by atoms with Crippen LogP contribution in [-0.4, -0.2) is 20.1 Å². The van der Waals surface area contributed by atoms with E-state index in [0.717, 1.165) is 5.56 Å². The second-order valence-electron chi connectivity index (χ2n) is 3.11. The minimum Gasteiger partial charge on any atom is -0.375 e. The number of rotatable bonds is 4. The molecule has 2 aromatic heterocycles. The van der Waals surface area contributed by atoms with Crippen LogP contribution in [0.3, 0.4) is 0 Å². The lowest BCUT2D eigenvalue weighted by molar-refractivity contribution is -0.384. The number of anilines is 1. The average Bonchev–Trinajstić information content (AvgIpc) is 2.79. The number of nitro groups is 1. The van der Waals surface area contributed by atoms with Crippen molar-refractivity contribution in [2.24, 2.45) is 0 Å². The maximum atomic E-state index is 10.7. The van der Waals surface area contributed by atoms with E-state index in [1.54, 1.807) is 18.5 Å². The van der Waals surface area contributed by atoms with Crippen molar-refractivity contribution in [1.29, 1.82) is 0 Å². The zero-order valence-electron chi connectivity index (χ0n) is 8.25. The molecule has 0 aliphatic carbocycles. The standard InChI is InChI=1S/C9H9N5O2/c15-14(16)9-6-10-2-1-8(9)11-3-7-4-12-13-5-7/h1-2,4-6H,3H2,(H,10,11)(H,12,13). The van der Waals surface area contributed by atoms with E-state index in [0.29, 0.717) is 12.2 Å². The molecule has 0 saturated carbocycles. The molecule has 82 valence electrons. The Balaban J connectivity index is 2.12. The Morgan fingerprint density at radius 1 is 1.50 bits per heavy atom. The molecule has 0 unspecified atom stereocenters. The Bertz CT molecular complexity index is 482. The number of pyridine rings is 1. The van der Waals surface area contributed by atoms with Gasteiger partial charge in [-0.3, -0.25) is 20.2 Å². The highest BCUT2D eigenvalue weighted by molar-refractivity contribution is 5.59. The van der Waals surface area contributed by atoms with Gasteiger partial charge in [0.2, 0.25) is 0 Å². The molecule has 0 amide bonds. The van der Waals surface area contributed by atoms with Crippen LogP contribution in [0.4, 0.5) is 11.4 Å². The van der Waals surface area contributed by atoms with Crippen LogP contribution in [-0.2, 0) is 6.54 Å². The monoisotopic (exact) mass is 219 g/mol. The van der Waals surface area contributed by atoms with E-state index in [1.165, 1.54) is 12.4 Å². The highest BCUT2D eigenvalue weighted by Gasteiger charge is 2.12. The van der Waals surface area contributed by atoms with Gasteiger partial charge in [-0.15, -0.1) is 0 Å². The molecule has 2 heterocycles. The zero-order valence-corrected chi connectivity index (χ0v) is 8.25. The molecule has 16 heavy (non-hydrogen) atoms. The fourth-order valence-corrected chi connectivity index (χ4v) is 1.25. The lowest BCUT2D eigenvalue weighted by Crippen LogP contribution is -2.02. The van der Waals surface area contributed by atoms with Gasteiger partial charge in [-0.25, -0.2) is 0 Å². The summed E-state index contributed by atoms with van der Waals surface area (Å²) in [6, 6.07) is 1.57. The average molecular weight is 219 g/mol. The van der Waals surface area contributed by atoms with E-state index in [2.05, 4.69) is 20.5 Å². The maximum absolute atomic E-state index is 10.7. The molecule has 0 fully saturated rings. The Hall–Kier alpha value is -2.44. The van der Waals surface area contributed by atoms with Crippen molar-refractivity contribution in [1.82, 2.24) is 15.2 Å². The number of aromatic amines is 1. The van der Waals surface area contributed by atoms with Crippen LogP contribution in [0.2, 0.25) is 0 Å². The smallest absolute Gasteiger partial charge is 0.310 e. The Labute approximate surface area is 90.7 Å². The third kappa shape index (κ3) is 2.14. The summed E-state index contributed by atoms with van der Waals surface area (Å²) in [5, 5.41) is 20.1. The maximum Gasteiger partial charge on any atom is 0.310 e. The molecule has 2 rings (SSSR count). The molecule has 7 nitrogen and oxygen atoms in total. The summed E-state index contributed by atoms with van der Waals surface area (Å²) in [5.41, 5.74) is 1.33. The minimum atomic E-state index is -0.468. The van der Waals surface area contributed by atoms with Crippen molar-refractivity contribution >= 4 is 11.4 Å². The SMILES string of the molecule is O=[N+]([O-])c1cnccc1NCc1cn[nH]c1. The fraction of sp³-hybridized carbons (Fsp3) is 0.111. The molecule has 2 N–H and O–H groups in total. The molecule has 0 atom stereocenters. The second kappa shape index (κ2) is 4.39. The number of hydrogen-bond acceptors (Lipinski definition) is 5. The van der Waals surface area contributed by atoms with Crippen LogP contribution in [0.5, 0.6) is 0 Å². The van der Waals surface area contributed by atoms with E-state index in [1.807, 2.05) is 0 Å². The number of nitrogens with one attached hydrogen (secondary N) is 2. The number of nitrogens with zero attached hydrogens (tertiary/aromatic N) is 3. The van der Waals surface area contributed by atoms with Gasteiger partial charge in [0.05, 0.1) is 11.1 Å². The summed E-state index contributed by atoms with van der Waals surface area (Å²) >= 11 is 0. The molecule has 0 bridgehead atoms. The van der Waals surface area contributed by atoms with Crippen LogP contribution >= 0.6 is 0 Å². The van der Waals surface area contributed by atoms with Crippen LogP contribution in [0, 0.1) is 10.1 Å². The van der Waals surface area contributed by atoms with Gasteiger partial charge in [-0.2, -0.15) is 5.10 Å². The van der Waals surface area contributed by atoms with Crippen molar-refractivity contribution in [3.8, 4) is 0 Å². The fourth-order valence-electron chi connectivity index (χ4n) is 1.25. The number of hydrogen-bond donors (Lipinski definition) is 2. The summed E-state index contributed by atoms with van der Waals surface area (Å²) < 4.78 is 0. The molecule has 2 aromatic rings. The van der Waals surface area contributed by atoms with Crippen LogP contribution in [0.25, 0.3) is 0 Å². The normalized spacial score (nSPS) is 10.0. The van der Waals surface area contributed by atoms with Gasteiger partial charge in [0.1, 0.15) is 11.9 Å². The second-order valence-corrected chi connectivity index (χ2v) is 3.11. The topological polar surface area (TPSA) is 96.7 Å². The zero-order chi connectivity index (χ0) is 11.4. The molecule has 0 aliphatic rings. The van der Waals surface area contributed by atoms with E-state index in [4.69, 9.17) is 0 Å². The molecular formula is C9H9N5O2. The largest absolute Gasteiger partial charge is 0.375 e. The summed E-state index contributed by atoms with van der Waals surface area (Å²) in [5.74, 6) is 0. The molecule has 0 aromatic carbocycles. The van der Waals surface area contributed by atoms with Gasteiger partial charge in [0.15, 0.2) is 0 Å². The predicted molar refractivity (Wildman–Crippen MR) is 56.8 cm³/mol. The van der Waals surface area contributed by atoms with Gasteiger partial charge in [-0.05, 0) is 6.07 Å². The van der Waals surface area contributed by atoms with Crippen molar-refractivity contribution in [2.75, 3.05) is 5.32 Å². The van der Waals surface area contributed by atoms with Gasteiger partial charge in [0.25, 0.3) is 0 Å². The first-order valence-corrected chi connectivity index (χ1v) is 4.57. The first-order chi connectivity index (χ1) is 7.77. The Morgan fingerprint density at radius 2 is 2.38 bits per heavy atom. The van der Waals surface area contributed by atoms with E-state index >= 15 is 0 Å². The van der Waals surface area contributed by atoms with Gasteiger partial charge in [0, 0.05) is 24.5 Å². The van der Waals surface area contributed by atoms with E-state index in [-0.39, 0.29) is 5.69 Å². The Kier molecular flexibility index (Phi) is 2.77. The van der Waals surface area contributed by atoms with Crippen molar-refractivity contribution in [2.45, 2.75) is 6.54 Å².